The lowest BCUT2D eigenvalue weighted by Crippen LogP contribution is -2.47. The third kappa shape index (κ3) is 4.87. The van der Waals surface area contributed by atoms with Crippen molar-refractivity contribution < 1.29 is 9.90 Å². The molecule has 1 aliphatic rings. The summed E-state index contributed by atoms with van der Waals surface area (Å²) < 4.78 is 0. The standard InChI is InChI=1S/C24H24ClN3O2/c25-20-9-4-8-19(16-20)23(18-6-2-1-3-7-18)28-14-12-27(13-15-28)17-21-10-5-11-22(26-21)24(29)30/h1-11,16,23H,12-15,17H2,(H,29,30). The number of carboxylic acid groups (broad SMARTS) is 1. The highest BCUT2D eigenvalue weighted by Crippen LogP contribution is 2.31. The van der Waals surface area contributed by atoms with Gasteiger partial charge < -0.3 is 5.11 Å². The van der Waals surface area contributed by atoms with Crippen LogP contribution < -0.4 is 0 Å². The predicted molar refractivity (Wildman–Crippen MR) is 118 cm³/mol. The number of halogens is 1. The Hall–Kier alpha value is -2.73. The van der Waals surface area contributed by atoms with Gasteiger partial charge in [-0.25, -0.2) is 9.78 Å². The highest BCUT2D eigenvalue weighted by Gasteiger charge is 2.26. The molecule has 4 rings (SSSR count). The van der Waals surface area contributed by atoms with Crippen LogP contribution in [-0.4, -0.2) is 52.0 Å². The summed E-state index contributed by atoms with van der Waals surface area (Å²) in [6.45, 7) is 4.25. The maximum absolute atomic E-state index is 11.2. The molecular formula is C24H24ClN3O2. The van der Waals surface area contributed by atoms with E-state index in [-0.39, 0.29) is 11.7 Å². The van der Waals surface area contributed by atoms with E-state index in [0.717, 1.165) is 36.9 Å². The number of benzene rings is 2. The van der Waals surface area contributed by atoms with Crippen LogP contribution in [0.15, 0.2) is 72.8 Å². The molecule has 0 amide bonds. The Balaban J connectivity index is 1.48. The van der Waals surface area contributed by atoms with Gasteiger partial charge in [0.2, 0.25) is 0 Å². The quantitative estimate of drug-likeness (QED) is 0.641. The number of aromatic carboxylic acids is 1. The minimum absolute atomic E-state index is 0.0937. The molecule has 0 spiro atoms. The molecule has 6 heteroatoms. The molecule has 0 radical (unpaired) electrons. The summed E-state index contributed by atoms with van der Waals surface area (Å²) in [4.78, 5) is 20.2. The molecule has 1 atom stereocenters. The Kier molecular flexibility index (Phi) is 6.43. The smallest absolute Gasteiger partial charge is 0.354 e. The van der Waals surface area contributed by atoms with E-state index in [1.807, 2.05) is 30.3 Å². The van der Waals surface area contributed by atoms with Gasteiger partial charge in [0.15, 0.2) is 0 Å². The van der Waals surface area contributed by atoms with Crippen LogP contribution in [0.1, 0.15) is 33.4 Å². The van der Waals surface area contributed by atoms with E-state index < -0.39 is 5.97 Å². The van der Waals surface area contributed by atoms with Crippen molar-refractivity contribution in [2.75, 3.05) is 26.2 Å². The SMILES string of the molecule is O=C(O)c1cccc(CN2CCN(C(c3ccccc3)c3cccc(Cl)c3)CC2)n1. The Bertz CT molecular complexity index is 1000. The first-order valence-electron chi connectivity index (χ1n) is 10.1. The van der Waals surface area contributed by atoms with Crippen molar-refractivity contribution in [3.8, 4) is 0 Å². The van der Waals surface area contributed by atoms with E-state index in [1.165, 1.54) is 17.2 Å². The van der Waals surface area contributed by atoms with Crippen LogP contribution in [-0.2, 0) is 6.54 Å². The number of hydrogen-bond donors (Lipinski definition) is 1. The van der Waals surface area contributed by atoms with Gasteiger partial charge in [0.05, 0.1) is 11.7 Å². The fourth-order valence-corrected chi connectivity index (χ4v) is 4.22. The van der Waals surface area contributed by atoms with Crippen molar-refractivity contribution in [3.63, 3.8) is 0 Å². The van der Waals surface area contributed by atoms with Crippen LogP contribution in [0.4, 0.5) is 0 Å². The molecule has 5 nitrogen and oxygen atoms in total. The average Bonchev–Trinajstić information content (AvgIpc) is 2.76. The lowest BCUT2D eigenvalue weighted by atomic mass is 9.96. The zero-order valence-electron chi connectivity index (χ0n) is 16.6. The van der Waals surface area contributed by atoms with Crippen LogP contribution in [0.5, 0.6) is 0 Å². The van der Waals surface area contributed by atoms with Gasteiger partial charge in [0, 0.05) is 37.7 Å². The monoisotopic (exact) mass is 421 g/mol. The summed E-state index contributed by atoms with van der Waals surface area (Å²) in [5, 5.41) is 9.90. The van der Waals surface area contributed by atoms with Gasteiger partial charge in [0.25, 0.3) is 0 Å². The summed E-state index contributed by atoms with van der Waals surface area (Å²) >= 11 is 6.29. The second-order valence-corrected chi connectivity index (χ2v) is 7.94. The van der Waals surface area contributed by atoms with Crippen molar-refractivity contribution in [1.82, 2.24) is 14.8 Å². The number of piperazine rings is 1. The molecule has 0 bridgehead atoms. The summed E-state index contributed by atoms with van der Waals surface area (Å²) in [6, 6.07) is 23.9. The van der Waals surface area contributed by atoms with Gasteiger partial charge in [-0.05, 0) is 35.4 Å². The largest absolute Gasteiger partial charge is 0.477 e. The molecule has 2 aromatic carbocycles. The third-order valence-corrected chi connectivity index (χ3v) is 5.70. The number of hydrogen-bond acceptors (Lipinski definition) is 4. The summed E-state index contributed by atoms with van der Waals surface area (Å²) in [6.07, 6.45) is 0. The van der Waals surface area contributed by atoms with E-state index in [9.17, 15) is 4.79 Å². The van der Waals surface area contributed by atoms with Crippen LogP contribution in [0.2, 0.25) is 5.02 Å². The highest BCUT2D eigenvalue weighted by atomic mass is 35.5. The van der Waals surface area contributed by atoms with E-state index in [2.05, 4.69) is 45.1 Å². The maximum Gasteiger partial charge on any atom is 0.354 e. The molecule has 1 saturated heterocycles. The zero-order valence-corrected chi connectivity index (χ0v) is 17.4. The maximum atomic E-state index is 11.2. The van der Waals surface area contributed by atoms with Crippen molar-refractivity contribution in [1.29, 1.82) is 0 Å². The molecule has 1 aliphatic heterocycles. The lowest BCUT2D eigenvalue weighted by molar-refractivity contribution is 0.0689. The highest BCUT2D eigenvalue weighted by molar-refractivity contribution is 6.30. The van der Waals surface area contributed by atoms with E-state index in [0.29, 0.717) is 6.54 Å². The minimum atomic E-state index is -0.992. The van der Waals surface area contributed by atoms with Crippen molar-refractivity contribution in [3.05, 3.63) is 100 Å². The topological polar surface area (TPSA) is 56.7 Å². The van der Waals surface area contributed by atoms with Crippen LogP contribution in [0, 0.1) is 0 Å². The normalized spacial score (nSPS) is 16.3. The van der Waals surface area contributed by atoms with Crippen LogP contribution in [0.25, 0.3) is 0 Å². The Morgan fingerprint density at radius 3 is 2.33 bits per heavy atom. The first-order valence-corrected chi connectivity index (χ1v) is 10.4. The molecule has 3 aromatic rings. The van der Waals surface area contributed by atoms with Gasteiger partial charge in [-0.1, -0.05) is 60.1 Å². The molecule has 154 valence electrons. The summed E-state index contributed by atoms with van der Waals surface area (Å²) in [5.74, 6) is -0.992. The van der Waals surface area contributed by atoms with Gasteiger partial charge in [-0.15, -0.1) is 0 Å². The molecule has 0 aliphatic carbocycles. The van der Waals surface area contributed by atoms with Crippen molar-refractivity contribution in [2.45, 2.75) is 12.6 Å². The second-order valence-electron chi connectivity index (χ2n) is 7.50. The zero-order chi connectivity index (χ0) is 20.9. The van der Waals surface area contributed by atoms with E-state index >= 15 is 0 Å². The number of nitrogens with zero attached hydrogens (tertiary/aromatic N) is 3. The second kappa shape index (κ2) is 9.39. The molecule has 30 heavy (non-hydrogen) atoms. The summed E-state index contributed by atoms with van der Waals surface area (Å²) in [5.41, 5.74) is 3.33. The van der Waals surface area contributed by atoms with Gasteiger partial charge in [0.1, 0.15) is 5.69 Å². The number of pyridine rings is 1. The molecule has 2 heterocycles. The molecule has 1 fully saturated rings. The fourth-order valence-electron chi connectivity index (χ4n) is 4.02. The number of rotatable bonds is 6. The number of carboxylic acids is 1. The van der Waals surface area contributed by atoms with E-state index in [4.69, 9.17) is 16.7 Å². The fraction of sp³-hybridized carbons (Fsp3) is 0.250. The predicted octanol–water partition coefficient (Wildman–Crippen LogP) is 4.34. The number of carbonyl (C=O) groups is 1. The van der Waals surface area contributed by atoms with Gasteiger partial charge in [-0.2, -0.15) is 0 Å². The van der Waals surface area contributed by atoms with Crippen LogP contribution in [0.3, 0.4) is 0 Å². The van der Waals surface area contributed by atoms with Crippen molar-refractivity contribution >= 4 is 17.6 Å². The average molecular weight is 422 g/mol. The summed E-state index contributed by atoms with van der Waals surface area (Å²) in [7, 11) is 0. The first kappa shape index (κ1) is 20.5. The molecule has 1 N–H and O–H groups in total. The Labute approximate surface area is 181 Å². The number of aromatic nitrogens is 1. The third-order valence-electron chi connectivity index (χ3n) is 5.46. The van der Waals surface area contributed by atoms with E-state index in [1.54, 1.807) is 6.07 Å². The first-order chi connectivity index (χ1) is 14.6. The van der Waals surface area contributed by atoms with Crippen LogP contribution >= 0.6 is 11.6 Å². The van der Waals surface area contributed by atoms with Crippen molar-refractivity contribution in [2.24, 2.45) is 0 Å². The van der Waals surface area contributed by atoms with Gasteiger partial charge in [-0.3, -0.25) is 9.80 Å². The Morgan fingerprint density at radius 1 is 0.933 bits per heavy atom. The molecule has 1 unspecified atom stereocenters. The molecule has 0 saturated carbocycles. The Morgan fingerprint density at radius 2 is 1.63 bits per heavy atom. The molecular weight excluding hydrogens is 398 g/mol. The lowest BCUT2D eigenvalue weighted by Gasteiger charge is -2.39. The minimum Gasteiger partial charge on any atom is -0.477 e. The van der Waals surface area contributed by atoms with Gasteiger partial charge >= 0.3 is 5.97 Å². The molecule has 1 aromatic heterocycles.